The lowest BCUT2D eigenvalue weighted by molar-refractivity contribution is 0.290. The first-order valence-corrected chi connectivity index (χ1v) is 40.0. The minimum absolute atomic E-state index is 0. The van der Waals surface area contributed by atoms with Crippen LogP contribution in [-0.2, 0) is 33.0 Å². The molecule has 0 fully saturated rings. The second-order valence-corrected chi connectivity index (χ2v) is 28.9. The smallest absolute Gasteiger partial charge is 0.339 e. The SMILES string of the molecule is C.Cc1ccc(-n2ccc3nc(COc4ccccc4)cn3c2=O)nc1.Cc1ccc(-n2ccc3nc(COc4ccccc4)cn3c2=O)nc1C.Cc1ccc(-n2ccc3nc(COc4ccccn4)cn3c2=O)cc1.Cc1cccc(-n2ccc3nc(COc4ccccc4)cn3c2=O)n1.Cc1ccnc(-n2ccc3nc(COc4ccccc4)cn3c2=O)c1. The van der Waals surface area contributed by atoms with Crippen molar-refractivity contribution in [2.24, 2.45) is 0 Å². The van der Waals surface area contributed by atoms with Gasteiger partial charge in [0, 0.05) is 98.0 Å². The van der Waals surface area contributed by atoms with Gasteiger partial charge in [-0.05, 0) is 192 Å². The van der Waals surface area contributed by atoms with Crippen molar-refractivity contribution in [1.82, 2.24) is 94.7 Å². The van der Waals surface area contributed by atoms with Gasteiger partial charge in [0.1, 0.15) is 108 Å². The van der Waals surface area contributed by atoms with Crippen molar-refractivity contribution in [3.8, 4) is 57.8 Å². The fourth-order valence-corrected chi connectivity index (χ4v) is 13.1. The molecule has 30 nitrogen and oxygen atoms in total. The number of imidazole rings is 5. The fourth-order valence-electron chi connectivity index (χ4n) is 13.1. The van der Waals surface area contributed by atoms with E-state index in [4.69, 9.17) is 23.7 Å². The second-order valence-electron chi connectivity index (χ2n) is 28.9. The minimum Gasteiger partial charge on any atom is -0.487 e. The van der Waals surface area contributed by atoms with E-state index in [1.165, 1.54) is 40.3 Å². The van der Waals surface area contributed by atoms with Crippen LogP contribution in [0, 0.1) is 41.5 Å². The summed E-state index contributed by atoms with van der Waals surface area (Å²) in [5.41, 5.74) is 12.2. The summed E-state index contributed by atoms with van der Waals surface area (Å²) in [5.74, 6) is 5.93. The molecule has 20 rings (SSSR count). The number of nitrogens with zero attached hydrogens (tertiary/aromatic N) is 20. The van der Waals surface area contributed by atoms with Crippen molar-refractivity contribution in [2.75, 3.05) is 0 Å². The molecule has 0 bridgehead atoms. The van der Waals surface area contributed by atoms with E-state index in [1.807, 2.05) is 254 Å². The molecule has 0 aliphatic rings. The van der Waals surface area contributed by atoms with Gasteiger partial charge in [-0.3, -0.25) is 44.8 Å². The second kappa shape index (κ2) is 39.2. The molecule has 5 aromatic carbocycles. The largest absolute Gasteiger partial charge is 0.487 e. The first-order valence-electron chi connectivity index (χ1n) is 40.0. The third-order valence-corrected chi connectivity index (χ3v) is 19.7. The van der Waals surface area contributed by atoms with E-state index >= 15 is 0 Å². The predicted molar refractivity (Wildman–Crippen MR) is 482 cm³/mol. The average molecular weight is 1690 g/mol. The predicted octanol–water partition coefficient (Wildman–Crippen LogP) is 14.8. The molecule has 127 heavy (non-hydrogen) atoms. The average Bonchev–Trinajstić information content (AvgIpc) is 1.69. The van der Waals surface area contributed by atoms with Gasteiger partial charge in [-0.2, -0.15) is 0 Å². The lowest BCUT2D eigenvalue weighted by Crippen LogP contribution is -2.25. The molecule has 0 atom stereocenters. The first-order chi connectivity index (χ1) is 61.4. The van der Waals surface area contributed by atoms with Crippen LogP contribution in [-0.4, -0.2) is 94.7 Å². The first kappa shape index (κ1) is 84.9. The van der Waals surface area contributed by atoms with E-state index in [1.54, 1.807) is 122 Å². The minimum atomic E-state index is -0.215. The van der Waals surface area contributed by atoms with E-state index in [-0.39, 0.29) is 42.5 Å². The maximum absolute atomic E-state index is 12.8. The molecule has 0 saturated carbocycles. The number of hydrogen-bond donors (Lipinski definition) is 0. The molecule has 0 unspecified atom stereocenters. The highest BCUT2D eigenvalue weighted by molar-refractivity contribution is 5.46. The molecular formula is C97H86N20O10. The van der Waals surface area contributed by atoms with E-state index in [2.05, 4.69) is 49.8 Å². The summed E-state index contributed by atoms with van der Waals surface area (Å²) < 4.78 is 43.6. The zero-order chi connectivity index (χ0) is 87.0. The quantitative estimate of drug-likeness (QED) is 0.0684. The van der Waals surface area contributed by atoms with Crippen molar-refractivity contribution in [3.05, 3.63) is 444 Å². The number of pyridine rings is 5. The number of fused-ring (bicyclic) bond motifs is 5. The summed E-state index contributed by atoms with van der Waals surface area (Å²) >= 11 is 0. The van der Waals surface area contributed by atoms with E-state index in [0.29, 0.717) is 112 Å². The van der Waals surface area contributed by atoms with Crippen LogP contribution in [0.5, 0.6) is 28.9 Å². The Balaban J connectivity index is 0.000000122. The van der Waals surface area contributed by atoms with Gasteiger partial charge < -0.3 is 23.7 Å². The Bertz CT molecular complexity index is 7140. The maximum atomic E-state index is 12.8. The molecule has 0 N–H and O–H groups in total. The van der Waals surface area contributed by atoms with Crippen LogP contribution in [0.2, 0.25) is 0 Å². The number of para-hydroxylation sites is 4. The molecule has 15 aromatic heterocycles. The lowest BCUT2D eigenvalue weighted by atomic mass is 10.2. The Morgan fingerprint density at radius 2 is 0.646 bits per heavy atom. The van der Waals surface area contributed by atoms with Crippen molar-refractivity contribution in [3.63, 3.8) is 0 Å². The van der Waals surface area contributed by atoms with Crippen LogP contribution >= 0.6 is 0 Å². The van der Waals surface area contributed by atoms with Crippen molar-refractivity contribution < 1.29 is 23.7 Å². The van der Waals surface area contributed by atoms with Crippen LogP contribution in [0.3, 0.4) is 0 Å². The van der Waals surface area contributed by atoms with Crippen LogP contribution in [0.1, 0.15) is 69.5 Å². The highest BCUT2D eigenvalue weighted by Crippen LogP contribution is 2.20. The summed E-state index contributed by atoms with van der Waals surface area (Å²) in [6.45, 7) is 13.2. The third kappa shape index (κ3) is 20.6. The van der Waals surface area contributed by atoms with Gasteiger partial charge in [0.05, 0.1) is 34.2 Å². The van der Waals surface area contributed by atoms with Gasteiger partial charge in [0.25, 0.3) is 0 Å². The maximum Gasteiger partial charge on any atom is 0.339 e. The van der Waals surface area contributed by atoms with Gasteiger partial charge >= 0.3 is 28.4 Å². The third-order valence-electron chi connectivity index (χ3n) is 19.7. The van der Waals surface area contributed by atoms with Crippen molar-refractivity contribution >= 4 is 28.2 Å². The Hall–Kier alpha value is -17.1. The van der Waals surface area contributed by atoms with E-state index in [9.17, 15) is 24.0 Å². The topological polar surface area (TPSA) is 307 Å². The Morgan fingerprint density at radius 3 is 1.03 bits per heavy atom. The number of aromatic nitrogens is 20. The van der Waals surface area contributed by atoms with E-state index in [0.717, 1.165) is 62.3 Å². The lowest BCUT2D eigenvalue weighted by Gasteiger charge is -2.07. The molecule has 634 valence electrons. The van der Waals surface area contributed by atoms with Gasteiger partial charge in [-0.25, -0.2) is 73.8 Å². The highest BCUT2D eigenvalue weighted by atomic mass is 16.5. The zero-order valence-electron chi connectivity index (χ0n) is 69.2. The van der Waals surface area contributed by atoms with Crippen LogP contribution in [0.4, 0.5) is 0 Å². The van der Waals surface area contributed by atoms with Gasteiger partial charge in [0.2, 0.25) is 5.88 Å². The molecule has 30 heteroatoms. The Kier molecular flexibility index (Phi) is 26.2. The van der Waals surface area contributed by atoms with Crippen molar-refractivity contribution in [2.45, 2.75) is 82.0 Å². The molecule has 0 spiro atoms. The van der Waals surface area contributed by atoms with Crippen LogP contribution in [0.25, 0.3) is 57.2 Å². The van der Waals surface area contributed by atoms with Gasteiger partial charge in [-0.1, -0.05) is 122 Å². The van der Waals surface area contributed by atoms with Gasteiger partial charge in [-0.15, -0.1) is 0 Å². The molecular weight excluding hydrogens is 1610 g/mol. The molecule has 0 amide bonds. The number of hydrogen-bond acceptors (Lipinski definition) is 20. The molecule has 0 saturated heterocycles. The molecule has 0 radical (unpaired) electrons. The summed E-state index contributed by atoms with van der Waals surface area (Å²) in [7, 11) is 0. The monoisotopic (exact) mass is 1690 g/mol. The molecule has 0 aliphatic carbocycles. The number of rotatable bonds is 20. The zero-order valence-corrected chi connectivity index (χ0v) is 69.2. The van der Waals surface area contributed by atoms with Crippen LogP contribution < -0.4 is 52.1 Å². The normalized spacial score (nSPS) is 10.9. The summed E-state index contributed by atoms with van der Waals surface area (Å²) in [5, 5.41) is 0. The summed E-state index contributed by atoms with van der Waals surface area (Å²) in [4.78, 5) is 108. The Labute approximate surface area is 726 Å². The molecule has 15 heterocycles. The van der Waals surface area contributed by atoms with Gasteiger partial charge in [0.15, 0.2) is 0 Å². The Morgan fingerprint density at radius 1 is 0.276 bits per heavy atom. The standard InChI is InChI=1S/C20H18N4O2.4C19H16N4O2.CH4/c1-14-8-9-18(21-15(14)2)23-11-10-19-22-16(12-24(19)20(23)25)13-26-17-6-4-3-5-7-17;1-14-5-7-16(8-6-14)22-11-9-17-21-15(12-23(17)19(22)24)13-25-18-4-2-3-10-20-18;1-14-6-5-9-17(20-14)22-11-10-18-21-15(12-23(18)19(22)24)13-25-16-7-3-2-4-8-16;1-14-7-9-20-18(11-14)22-10-8-17-21-15(12-23(17)19(22)24)13-25-16-5-3-2-4-6-16;1-14-7-8-17(20-11-14)22-10-9-18-21-15(12-23(18)19(22)24)13-25-16-5-3-2-4-6-16;/h3-12H,13H2,1-2H3;4*2-12H,13H2,1H3;1H4. The van der Waals surface area contributed by atoms with Crippen molar-refractivity contribution in [1.29, 1.82) is 0 Å². The van der Waals surface area contributed by atoms with E-state index < -0.39 is 0 Å². The molecule has 0 aliphatic heterocycles. The number of aryl methyl sites for hydroxylation is 6. The summed E-state index contributed by atoms with van der Waals surface area (Å²) in [6.07, 6.45) is 22.1. The highest BCUT2D eigenvalue weighted by Gasteiger charge is 2.17. The molecule has 20 aromatic rings. The number of benzene rings is 5. The fraction of sp³-hybridized carbons (Fsp3) is 0.124. The number of ether oxygens (including phenoxy) is 5. The van der Waals surface area contributed by atoms with Crippen LogP contribution in [0.15, 0.2) is 353 Å². The summed E-state index contributed by atoms with van der Waals surface area (Å²) in [6, 6.07) is 77.1.